The van der Waals surface area contributed by atoms with Gasteiger partial charge in [0.2, 0.25) is 0 Å². The number of nitrogens with zero attached hydrogens (tertiary/aromatic N) is 3. The van der Waals surface area contributed by atoms with Crippen LogP contribution in [-0.4, -0.2) is 47.3 Å². The Bertz CT molecular complexity index is 571. The summed E-state index contributed by atoms with van der Waals surface area (Å²) in [4.78, 5) is 9.16. The van der Waals surface area contributed by atoms with E-state index in [4.69, 9.17) is 21.1 Å². The van der Waals surface area contributed by atoms with E-state index < -0.39 is 0 Å². The van der Waals surface area contributed by atoms with Crippen LogP contribution in [0, 0.1) is 6.92 Å². The number of aromatic nitrogens is 3. The highest BCUT2D eigenvalue weighted by Gasteiger charge is 2.12. The van der Waals surface area contributed by atoms with Crippen molar-refractivity contribution in [3.05, 3.63) is 23.7 Å². The molecule has 0 saturated heterocycles. The van der Waals surface area contributed by atoms with Gasteiger partial charge < -0.3 is 14.0 Å². The van der Waals surface area contributed by atoms with Gasteiger partial charge in [-0.1, -0.05) is 0 Å². The zero-order valence-corrected chi connectivity index (χ0v) is 13.4. The van der Waals surface area contributed by atoms with E-state index in [1.807, 2.05) is 12.3 Å². The first kappa shape index (κ1) is 16.2. The van der Waals surface area contributed by atoms with E-state index in [1.165, 1.54) is 0 Å². The maximum absolute atomic E-state index is 5.88. The number of methoxy groups -OCH3 is 1. The van der Waals surface area contributed by atoms with Crippen molar-refractivity contribution in [2.75, 3.05) is 32.8 Å². The van der Waals surface area contributed by atoms with Gasteiger partial charge in [0.1, 0.15) is 11.3 Å². The number of aryl methyl sites for hydroxylation is 3. The topological polar surface area (TPSA) is 49.2 Å². The van der Waals surface area contributed by atoms with Gasteiger partial charge >= 0.3 is 0 Å². The SMILES string of the molecule is COCCOCCCn1c(CCCl)nc2c(C)ccnc21. The first-order valence-corrected chi connectivity index (χ1v) is 7.74. The lowest BCUT2D eigenvalue weighted by Crippen LogP contribution is -2.09. The lowest BCUT2D eigenvalue weighted by molar-refractivity contribution is 0.0680. The summed E-state index contributed by atoms with van der Waals surface area (Å²) in [6.07, 6.45) is 3.50. The molecule has 0 aliphatic carbocycles. The fourth-order valence-electron chi connectivity index (χ4n) is 2.26. The first-order chi connectivity index (χ1) is 10.3. The normalized spacial score (nSPS) is 11.4. The second kappa shape index (κ2) is 8.32. The Morgan fingerprint density at radius 3 is 2.90 bits per heavy atom. The van der Waals surface area contributed by atoms with E-state index >= 15 is 0 Å². The number of fused-ring (bicyclic) bond motifs is 1. The molecule has 116 valence electrons. The monoisotopic (exact) mass is 311 g/mol. The van der Waals surface area contributed by atoms with E-state index in [0.717, 1.165) is 41.9 Å². The molecule has 21 heavy (non-hydrogen) atoms. The Morgan fingerprint density at radius 2 is 2.14 bits per heavy atom. The van der Waals surface area contributed by atoms with Gasteiger partial charge in [0.05, 0.1) is 13.2 Å². The number of imidazole rings is 1. The van der Waals surface area contributed by atoms with Crippen LogP contribution in [0.4, 0.5) is 0 Å². The average molecular weight is 312 g/mol. The number of hydrogen-bond donors (Lipinski definition) is 0. The van der Waals surface area contributed by atoms with Gasteiger partial charge in [-0.3, -0.25) is 0 Å². The third-order valence-electron chi connectivity index (χ3n) is 3.34. The summed E-state index contributed by atoms with van der Waals surface area (Å²) >= 11 is 5.88. The minimum atomic E-state index is 0.562. The molecule has 0 fully saturated rings. The Labute approximate surface area is 130 Å². The molecule has 0 amide bonds. The summed E-state index contributed by atoms with van der Waals surface area (Å²) in [5.74, 6) is 1.56. The summed E-state index contributed by atoms with van der Waals surface area (Å²) in [5, 5.41) is 0. The van der Waals surface area contributed by atoms with Crippen LogP contribution in [0.15, 0.2) is 12.3 Å². The lowest BCUT2D eigenvalue weighted by Gasteiger charge is -2.08. The summed E-state index contributed by atoms with van der Waals surface area (Å²) < 4.78 is 12.6. The smallest absolute Gasteiger partial charge is 0.160 e. The minimum absolute atomic E-state index is 0.562. The summed E-state index contributed by atoms with van der Waals surface area (Å²) in [6.45, 7) is 4.86. The van der Waals surface area contributed by atoms with E-state index in [2.05, 4.69) is 21.5 Å². The van der Waals surface area contributed by atoms with Crippen molar-refractivity contribution in [1.29, 1.82) is 0 Å². The van der Waals surface area contributed by atoms with Crippen molar-refractivity contribution >= 4 is 22.8 Å². The highest BCUT2D eigenvalue weighted by molar-refractivity contribution is 6.17. The highest BCUT2D eigenvalue weighted by Crippen LogP contribution is 2.18. The molecular formula is C15H22ClN3O2. The maximum Gasteiger partial charge on any atom is 0.160 e. The van der Waals surface area contributed by atoms with Crippen molar-refractivity contribution in [1.82, 2.24) is 14.5 Å². The van der Waals surface area contributed by atoms with Crippen LogP contribution in [-0.2, 0) is 22.4 Å². The Hall–Kier alpha value is -1.17. The Balaban J connectivity index is 2.06. The van der Waals surface area contributed by atoms with E-state index in [9.17, 15) is 0 Å². The average Bonchev–Trinajstić information content (AvgIpc) is 2.83. The molecule has 0 aromatic carbocycles. The molecular weight excluding hydrogens is 290 g/mol. The first-order valence-electron chi connectivity index (χ1n) is 7.21. The second-order valence-electron chi connectivity index (χ2n) is 4.88. The molecule has 0 unspecified atom stereocenters. The molecule has 6 heteroatoms. The van der Waals surface area contributed by atoms with Crippen molar-refractivity contribution in [3.8, 4) is 0 Å². The molecule has 0 aliphatic rings. The zero-order chi connectivity index (χ0) is 15.1. The molecule has 0 radical (unpaired) electrons. The standard InChI is InChI=1S/C15H22ClN3O2/c1-12-5-7-17-15-14(12)18-13(4-6-16)19(15)8-3-9-21-11-10-20-2/h5,7H,3-4,6,8-11H2,1-2H3. The number of alkyl halides is 1. The van der Waals surface area contributed by atoms with Gasteiger partial charge in [-0.15, -0.1) is 11.6 Å². The van der Waals surface area contributed by atoms with Crippen LogP contribution in [0.2, 0.25) is 0 Å². The molecule has 0 bridgehead atoms. The number of ether oxygens (including phenoxy) is 2. The van der Waals surface area contributed by atoms with Crippen LogP contribution in [0.1, 0.15) is 17.8 Å². The van der Waals surface area contributed by atoms with Gasteiger partial charge in [0.15, 0.2) is 5.65 Å². The van der Waals surface area contributed by atoms with E-state index in [1.54, 1.807) is 7.11 Å². The quantitative estimate of drug-likeness (QED) is 0.527. The van der Waals surface area contributed by atoms with E-state index in [0.29, 0.717) is 25.7 Å². The number of halogens is 1. The number of pyridine rings is 1. The third-order valence-corrected chi connectivity index (χ3v) is 3.52. The maximum atomic E-state index is 5.88. The van der Waals surface area contributed by atoms with Gasteiger partial charge in [-0.25, -0.2) is 9.97 Å². The van der Waals surface area contributed by atoms with E-state index in [-0.39, 0.29) is 0 Å². The number of hydrogen-bond acceptors (Lipinski definition) is 4. The largest absolute Gasteiger partial charge is 0.382 e. The lowest BCUT2D eigenvalue weighted by atomic mass is 10.3. The van der Waals surface area contributed by atoms with Crippen LogP contribution in [0.25, 0.3) is 11.2 Å². The van der Waals surface area contributed by atoms with Gasteiger partial charge in [0.25, 0.3) is 0 Å². The zero-order valence-electron chi connectivity index (χ0n) is 12.6. The second-order valence-corrected chi connectivity index (χ2v) is 5.26. The van der Waals surface area contributed by atoms with Crippen molar-refractivity contribution < 1.29 is 9.47 Å². The molecule has 0 N–H and O–H groups in total. The Morgan fingerprint density at radius 1 is 1.29 bits per heavy atom. The van der Waals surface area contributed by atoms with Crippen molar-refractivity contribution in [3.63, 3.8) is 0 Å². The molecule has 5 nitrogen and oxygen atoms in total. The third kappa shape index (κ3) is 4.15. The highest BCUT2D eigenvalue weighted by atomic mass is 35.5. The molecule has 0 atom stereocenters. The minimum Gasteiger partial charge on any atom is -0.382 e. The molecule has 0 spiro atoms. The molecule has 0 aliphatic heterocycles. The summed E-state index contributed by atoms with van der Waals surface area (Å²) in [6, 6.07) is 1.98. The van der Waals surface area contributed by atoms with Crippen LogP contribution in [0.5, 0.6) is 0 Å². The fraction of sp³-hybridized carbons (Fsp3) is 0.600. The molecule has 2 rings (SSSR count). The fourth-order valence-corrected chi connectivity index (χ4v) is 2.43. The molecule has 2 aromatic rings. The predicted octanol–water partition coefficient (Wildman–Crippen LogP) is 2.57. The van der Waals surface area contributed by atoms with Crippen LogP contribution >= 0.6 is 11.6 Å². The van der Waals surface area contributed by atoms with Crippen molar-refractivity contribution in [2.24, 2.45) is 0 Å². The van der Waals surface area contributed by atoms with Crippen molar-refractivity contribution in [2.45, 2.75) is 26.3 Å². The van der Waals surface area contributed by atoms with Gasteiger partial charge in [-0.05, 0) is 25.0 Å². The van der Waals surface area contributed by atoms with Crippen LogP contribution in [0.3, 0.4) is 0 Å². The van der Waals surface area contributed by atoms with Crippen LogP contribution < -0.4 is 0 Å². The Kier molecular flexibility index (Phi) is 6.42. The molecule has 2 heterocycles. The molecule has 0 saturated carbocycles. The van der Waals surface area contributed by atoms with Gasteiger partial charge in [-0.2, -0.15) is 0 Å². The molecule has 2 aromatic heterocycles. The summed E-state index contributed by atoms with van der Waals surface area (Å²) in [5.41, 5.74) is 3.05. The predicted molar refractivity (Wildman–Crippen MR) is 84.0 cm³/mol. The van der Waals surface area contributed by atoms with Gasteiger partial charge in [0, 0.05) is 38.8 Å². The summed E-state index contributed by atoms with van der Waals surface area (Å²) in [7, 11) is 1.67. The number of rotatable bonds is 9.